The Kier molecular flexibility index (Phi) is 5.50. The van der Waals surface area contributed by atoms with Crippen molar-refractivity contribution in [3.05, 3.63) is 0 Å². The highest BCUT2D eigenvalue weighted by Crippen LogP contribution is 2.32. The molecule has 4 unspecified atom stereocenters. The number of nitrogens with zero attached hydrogens (tertiary/aromatic N) is 1. The maximum absolute atomic E-state index is 3.75. The van der Waals surface area contributed by atoms with Gasteiger partial charge in [-0.3, -0.25) is 4.90 Å². The standard InChI is InChI=1S/C16H32N2/c1-4-7-15-12-18(16(5-2)10-17-15)11-14-9-6-8-13(14)3/h13-17H,4-12H2,1-3H3. The normalized spacial score (nSPS) is 38.2. The zero-order chi connectivity index (χ0) is 13.0. The fourth-order valence-electron chi connectivity index (χ4n) is 3.89. The smallest absolute Gasteiger partial charge is 0.0218 e. The molecule has 1 saturated heterocycles. The minimum Gasteiger partial charge on any atom is -0.311 e. The van der Waals surface area contributed by atoms with Gasteiger partial charge in [-0.05, 0) is 31.1 Å². The van der Waals surface area contributed by atoms with Gasteiger partial charge in [0.25, 0.3) is 0 Å². The Morgan fingerprint density at radius 3 is 2.67 bits per heavy atom. The summed E-state index contributed by atoms with van der Waals surface area (Å²) in [5.41, 5.74) is 0. The molecule has 1 N–H and O–H groups in total. The second-order valence-corrected chi connectivity index (χ2v) is 6.58. The quantitative estimate of drug-likeness (QED) is 0.808. The molecule has 2 nitrogen and oxygen atoms in total. The first-order chi connectivity index (χ1) is 8.74. The highest BCUT2D eigenvalue weighted by Gasteiger charge is 2.31. The van der Waals surface area contributed by atoms with Gasteiger partial charge in [0, 0.05) is 31.7 Å². The van der Waals surface area contributed by atoms with Crippen LogP contribution in [0.3, 0.4) is 0 Å². The van der Waals surface area contributed by atoms with Crippen molar-refractivity contribution in [2.24, 2.45) is 11.8 Å². The lowest BCUT2D eigenvalue weighted by molar-refractivity contribution is 0.0965. The van der Waals surface area contributed by atoms with Crippen LogP contribution in [0.4, 0.5) is 0 Å². The van der Waals surface area contributed by atoms with Crippen LogP contribution < -0.4 is 5.32 Å². The van der Waals surface area contributed by atoms with E-state index in [9.17, 15) is 0 Å². The fourth-order valence-corrected chi connectivity index (χ4v) is 3.89. The van der Waals surface area contributed by atoms with Gasteiger partial charge in [0.05, 0.1) is 0 Å². The molecule has 106 valence electrons. The molecular formula is C16H32N2. The van der Waals surface area contributed by atoms with Gasteiger partial charge in [-0.25, -0.2) is 0 Å². The summed E-state index contributed by atoms with van der Waals surface area (Å²) in [6.07, 6.45) is 8.35. The van der Waals surface area contributed by atoms with Gasteiger partial charge in [-0.15, -0.1) is 0 Å². The van der Waals surface area contributed by atoms with E-state index in [0.29, 0.717) is 0 Å². The molecule has 2 aliphatic rings. The Labute approximate surface area is 114 Å². The molecule has 18 heavy (non-hydrogen) atoms. The number of hydrogen-bond acceptors (Lipinski definition) is 2. The first-order valence-electron chi connectivity index (χ1n) is 8.22. The van der Waals surface area contributed by atoms with Crippen molar-refractivity contribution in [3.8, 4) is 0 Å². The lowest BCUT2D eigenvalue weighted by Gasteiger charge is -2.42. The van der Waals surface area contributed by atoms with Crippen LogP contribution in [0.15, 0.2) is 0 Å². The van der Waals surface area contributed by atoms with E-state index in [2.05, 4.69) is 31.0 Å². The topological polar surface area (TPSA) is 15.3 Å². The molecule has 0 spiro atoms. The predicted molar refractivity (Wildman–Crippen MR) is 78.9 cm³/mol. The van der Waals surface area contributed by atoms with Gasteiger partial charge in [0.15, 0.2) is 0 Å². The Hall–Kier alpha value is -0.0800. The van der Waals surface area contributed by atoms with Gasteiger partial charge in [0.2, 0.25) is 0 Å². The summed E-state index contributed by atoms with van der Waals surface area (Å²) in [4.78, 5) is 2.81. The molecule has 0 amide bonds. The Morgan fingerprint density at radius 2 is 2.06 bits per heavy atom. The lowest BCUT2D eigenvalue weighted by Crippen LogP contribution is -2.57. The second kappa shape index (κ2) is 6.91. The Morgan fingerprint density at radius 1 is 1.22 bits per heavy atom. The highest BCUT2D eigenvalue weighted by atomic mass is 15.2. The van der Waals surface area contributed by atoms with Gasteiger partial charge < -0.3 is 5.32 Å². The maximum Gasteiger partial charge on any atom is 0.0218 e. The molecule has 0 aromatic carbocycles. The van der Waals surface area contributed by atoms with Crippen molar-refractivity contribution in [3.63, 3.8) is 0 Å². The highest BCUT2D eigenvalue weighted by molar-refractivity contribution is 4.88. The number of piperazine rings is 1. The molecule has 0 aromatic heterocycles. The summed E-state index contributed by atoms with van der Waals surface area (Å²) in [6, 6.07) is 1.53. The minimum absolute atomic E-state index is 0.745. The van der Waals surface area contributed by atoms with Crippen LogP contribution in [-0.2, 0) is 0 Å². The number of rotatable bonds is 5. The minimum atomic E-state index is 0.745. The van der Waals surface area contributed by atoms with E-state index in [-0.39, 0.29) is 0 Å². The summed E-state index contributed by atoms with van der Waals surface area (Å²) in [7, 11) is 0. The van der Waals surface area contributed by atoms with Crippen molar-refractivity contribution in [1.29, 1.82) is 0 Å². The van der Waals surface area contributed by atoms with Gasteiger partial charge in [-0.2, -0.15) is 0 Å². The summed E-state index contributed by atoms with van der Waals surface area (Å²) in [5.74, 6) is 1.93. The summed E-state index contributed by atoms with van der Waals surface area (Å²) in [6.45, 7) is 11.0. The monoisotopic (exact) mass is 252 g/mol. The third kappa shape index (κ3) is 3.48. The number of nitrogens with one attached hydrogen (secondary N) is 1. The number of hydrogen-bond donors (Lipinski definition) is 1. The van der Waals surface area contributed by atoms with Crippen molar-refractivity contribution < 1.29 is 0 Å². The molecule has 2 fully saturated rings. The SMILES string of the molecule is CCCC1CN(CC2CCCC2C)C(CC)CN1. The molecule has 0 radical (unpaired) electrons. The Bertz CT molecular complexity index is 241. The summed E-state index contributed by atoms with van der Waals surface area (Å²) < 4.78 is 0. The lowest BCUT2D eigenvalue weighted by atomic mass is 9.95. The molecule has 4 atom stereocenters. The largest absolute Gasteiger partial charge is 0.311 e. The zero-order valence-corrected chi connectivity index (χ0v) is 12.6. The van der Waals surface area contributed by atoms with Crippen LogP contribution in [0.25, 0.3) is 0 Å². The molecule has 2 heteroatoms. The van der Waals surface area contributed by atoms with Crippen molar-refractivity contribution in [2.75, 3.05) is 19.6 Å². The molecule has 1 aliphatic heterocycles. The maximum atomic E-state index is 3.75. The third-order valence-electron chi connectivity index (χ3n) is 5.23. The van der Waals surface area contributed by atoms with E-state index in [1.165, 1.54) is 58.2 Å². The van der Waals surface area contributed by atoms with Crippen LogP contribution in [0.1, 0.15) is 59.3 Å². The van der Waals surface area contributed by atoms with E-state index >= 15 is 0 Å². The van der Waals surface area contributed by atoms with Gasteiger partial charge >= 0.3 is 0 Å². The fraction of sp³-hybridized carbons (Fsp3) is 1.00. The molecular weight excluding hydrogens is 220 g/mol. The average Bonchev–Trinajstić information content (AvgIpc) is 2.76. The second-order valence-electron chi connectivity index (χ2n) is 6.58. The summed E-state index contributed by atoms with van der Waals surface area (Å²) >= 11 is 0. The Balaban J connectivity index is 1.89. The summed E-state index contributed by atoms with van der Waals surface area (Å²) in [5, 5.41) is 3.75. The molecule has 1 aliphatic carbocycles. The van der Waals surface area contributed by atoms with E-state index < -0.39 is 0 Å². The molecule has 0 aromatic rings. The van der Waals surface area contributed by atoms with E-state index in [1.807, 2.05) is 0 Å². The van der Waals surface area contributed by atoms with Gasteiger partial charge in [0.1, 0.15) is 0 Å². The van der Waals surface area contributed by atoms with Crippen LogP contribution >= 0.6 is 0 Å². The first kappa shape index (κ1) is 14.3. The van der Waals surface area contributed by atoms with Crippen LogP contribution in [0.2, 0.25) is 0 Å². The van der Waals surface area contributed by atoms with Crippen molar-refractivity contribution in [2.45, 2.75) is 71.4 Å². The molecule has 0 bridgehead atoms. The van der Waals surface area contributed by atoms with E-state index in [4.69, 9.17) is 0 Å². The molecule has 1 saturated carbocycles. The molecule has 2 rings (SSSR count). The van der Waals surface area contributed by atoms with Crippen LogP contribution in [-0.4, -0.2) is 36.6 Å². The zero-order valence-electron chi connectivity index (χ0n) is 12.6. The average molecular weight is 252 g/mol. The van der Waals surface area contributed by atoms with E-state index in [1.54, 1.807) is 0 Å². The van der Waals surface area contributed by atoms with Crippen LogP contribution in [0, 0.1) is 11.8 Å². The molecule has 1 heterocycles. The van der Waals surface area contributed by atoms with E-state index in [0.717, 1.165) is 23.9 Å². The predicted octanol–water partition coefficient (Wildman–Crippen LogP) is 3.28. The van der Waals surface area contributed by atoms with Crippen LogP contribution in [0.5, 0.6) is 0 Å². The van der Waals surface area contributed by atoms with Gasteiger partial charge in [-0.1, -0.05) is 40.0 Å². The van der Waals surface area contributed by atoms with Crippen molar-refractivity contribution >= 4 is 0 Å². The first-order valence-corrected chi connectivity index (χ1v) is 8.22. The third-order valence-corrected chi connectivity index (χ3v) is 5.23. The van der Waals surface area contributed by atoms with Crippen molar-refractivity contribution in [1.82, 2.24) is 10.2 Å².